The fourth-order valence-electron chi connectivity index (χ4n) is 13.2. The maximum atomic E-state index is 14.4. The molecule has 5 aliphatic rings. The van der Waals surface area contributed by atoms with Crippen LogP contribution >= 0.6 is 45.1 Å². The van der Waals surface area contributed by atoms with Crippen molar-refractivity contribution < 1.29 is 120 Å². The van der Waals surface area contributed by atoms with E-state index in [1.54, 1.807) is 48.5 Å². The number of phosphoric ester groups is 1. The van der Waals surface area contributed by atoms with E-state index in [4.69, 9.17) is 42.7 Å². The second kappa shape index (κ2) is 39.9. The lowest BCUT2D eigenvalue weighted by molar-refractivity contribution is -0.0511. The van der Waals surface area contributed by atoms with E-state index in [0.29, 0.717) is 60.8 Å². The van der Waals surface area contributed by atoms with Crippen molar-refractivity contribution >= 4 is 94.3 Å². The number of aromatic nitrogens is 2. The fraction of sp³-hybridized carbons (Fsp3) is 0.435. The average molecular weight is 1720 g/mol. The van der Waals surface area contributed by atoms with Gasteiger partial charge in [0.25, 0.3) is 37.6 Å². The summed E-state index contributed by atoms with van der Waals surface area (Å²) in [6, 6.07) is 23.4. The molecular weight excluding hydrogens is 1640 g/mol. The molecule has 7 unspecified atom stereocenters. The van der Waals surface area contributed by atoms with Gasteiger partial charge in [-0.2, -0.15) is 25.5 Å². The molecule has 4 aromatic carbocycles. The number of ether oxygens (including phenoxy) is 6. The maximum absolute atomic E-state index is 14.4. The third kappa shape index (κ3) is 25.3. The molecule has 0 spiro atoms. The quantitative estimate of drug-likeness (QED) is 0.00193. The normalized spacial score (nSPS) is 19.4. The number of fused-ring (bicyclic) bond motifs is 4. The highest BCUT2D eigenvalue weighted by molar-refractivity contribution is 8.76. The number of piperidine rings is 1. The van der Waals surface area contributed by atoms with Crippen molar-refractivity contribution in [1.82, 2.24) is 30.4 Å². The number of nitrogens with zero attached hydrogens (tertiary/aromatic N) is 6. The number of hydrogen-bond donors (Lipinski definition) is 11. The van der Waals surface area contributed by atoms with Crippen LogP contribution < -0.4 is 41.6 Å². The van der Waals surface area contributed by atoms with Crippen LogP contribution in [0, 0.1) is 11.8 Å². The number of aliphatic hydroxyl groups is 1. The Morgan fingerprint density at radius 2 is 1.57 bits per heavy atom. The second-order valence-electron chi connectivity index (χ2n) is 26.2. The summed E-state index contributed by atoms with van der Waals surface area (Å²) in [6.45, 7) is 1.69. The Hall–Kier alpha value is -7.85. The first-order valence-corrected chi connectivity index (χ1v) is 45.7. The molecule has 2 saturated heterocycles. The Bertz CT molecular complexity index is 5130. The Morgan fingerprint density at radius 1 is 0.851 bits per heavy atom. The Morgan fingerprint density at radius 3 is 2.31 bits per heavy atom. The number of benzene rings is 4. The molecule has 2 fully saturated rings. The third-order valence-electron chi connectivity index (χ3n) is 18.1. The summed E-state index contributed by atoms with van der Waals surface area (Å²) in [5.41, 5.74) is 13.9. The molecule has 11 N–H and O–H groups in total. The Kier molecular flexibility index (Phi) is 31.0. The minimum absolute atomic E-state index is 0.00610. The number of rotatable bonds is 39. The van der Waals surface area contributed by atoms with Gasteiger partial charge >= 0.3 is 35.1 Å². The number of amides is 2. The number of aliphatic hydroxyl groups excluding tert-OH is 1. The van der Waals surface area contributed by atoms with Crippen molar-refractivity contribution in [2.45, 2.75) is 94.1 Å². The van der Waals surface area contributed by atoms with Gasteiger partial charge in [-0.05, 0) is 135 Å². The minimum Gasteiger partial charge on any atom is -0.491 e. The number of phosphoric acid groups is 3. The highest BCUT2D eigenvalue weighted by Crippen LogP contribution is 2.66. The van der Waals surface area contributed by atoms with Crippen molar-refractivity contribution in [2.24, 2.45) is 5.11 Å². The first-order chi connectivity index (χ1) is 54.1. The first kappa shape index (κ1) is 88.5. The number of hydrogen-bond acceptors (Lipinski definition) is 28. The molecule has 0 saturated carbocycles. The van der Waals surface area contributed by atoms with Crippen LogP contribution in [0.25, 0.3) is 16.0 Å². The van der Waals surface area contributed by atoms with E-state index < -0.39 is 116 Å². The fourth-order valence-corrected chi connectivity index (χ4v) is 19.0. The van der Waals surface area contributed by atoms with Crippen LogP contribution in [0.15, 0.2) is 135 Å². The van der Waals surface area contributed by atoms with E-state index in [-0.39, 0.29) is 105 Å². The molecular formula is C69H83N10O28P3S4. The van der Waals surface area contributed by atoms with Gasteiger partial charge in [-0.3, -0.25) is 47.8 Å². The lowest BCUT2D eigenvalue weighted by atomic mass is 9.80. The molecule has 5 heterocycles. The van der Waals surface area contributed by atoms with E-state index in [9.17, 15) is 84.0 Å². The van der Waals surface area contributed by atoms with Crippen molar-refractivity contribution in [3.05, 3.63) is 196 Å². The van der Waals surface area contributed by atoms with Crippen LogP contribution in [0.5, 0.6) is 11.5 Å². The predicted octanol–water partition coefficient (Wildman–Crippen LogP) is 6.42. The number of allylic oxidation sites excluding steroid dienone is 1. The number of likely N-dealkylation sites (tertiary alicyclic amines) is 1. The summed E-state index contributed by atoms with van der Waals surface area (Å²) in [4.78, 5) is 115. The minimum atomic E-state index is -5.94. The number of nitrogens with one attached hydrogen (secondary N) is 4. The molecule has 1 aromatic heterocycles. The molecule has 114 heavy (non-hydrogen) atoms. The summed E-state index contributed by atoms with van der Waals surface area (Å²) >= 11 is 0. The zero-order valence-corrected chi connectivity index (χ0v) is 67.0. The van der Waals surface area contributed by atoms with Gasteiger partial charge in [0.15, 0.2) is 6.23 Å². The van der Waals surface area contributed by atoms with Gasteiger partial charge in [0, 0.05) is 95.1 Å². The van der Waals surface area contributed by atoms with Crippen LogP contribution in [0.3, 0.4) is 0 Å². The number of carbonyl (C=O) groups is 3. The molecule has 10 rings (SSSR count). The van der Waals surface area contributed by atoms with E-state index in [2.05, 4.69) is 67.3 Å². The largest absolute Gasteiger partial charge is 0.491 e. The second-order valence-corrected chi connectivity index (χ2v) is 36.5. The lowest BCUT2D eigenvalue weighted by Gasteiger charge is -2.40. The Balaban J connectivity index is 0.699. The molecule has 45 heteroatoms. The van der Waals surface area contributed by atoms with Gasteiger partial charge in [0.2, 0.25) is 0 Å². The molecule has 2 amide bonds. The molecule has 1 aliphatic carbocycles. The molecule has 4 aliphatic heterocycles. The molecule has 0 radical (unpaired) electrons. The van der Waals surface area contributed by atoms with Gasteiger partial charge in [0.1, 0.15) is 54.1 Å². The molecule has 9 atom stereocenters. The summed E-state index contributed by atoms with van der Waals surface area (Å²) in [5.74, 6) is 3.78. The summed E-state index contributed by atoms with van der Waals surface area (Å²) in [6.07, 6.45) is 3.03. The lowest BCUT2D eigenvalue weighted by Crippen LogP contribution is -2.42. The number of H-pyrrole nitrogens is 1. The van der Waals surface area contributed by atoms with E-state index in [1.165, 1.54) is 33.7 Å². The molecule has 616 valence electrons. The standard InChI is InChI=1S/C69H83N10O28P3S4/c1-43(112-111-2)49-18-3-6-21-52(49)68(84)105-59-38-63(104-60(59)40-102-109(89,90)107-110(91,92)106-108(86,87)88)79-39-47(66(82)74-69(79)85)14-8-22-71-61(80)41-99-29-30-100-62(75-76-70)42-101-48-17-7-13-46(33-48)65(81)72-23-24-73-67(83)51-20-5-4-19-50(51)64-53-34-44-15-9-25-77(27-11-31-113(93,94)95)55(44)36-57(53)103-58-37-56-45(35-54(58)64)16-10-26-78(56)28-12-32-114(96,97)98/h3-7,13,17-21,33-37,39,43,55,59-63,71,80H,9-12,15-16,22-32,38,40-42H2,1-2H3,(H,72,81)(H,73,83)(H,89,90)(H,91,92)(H,74,82,85)(H2,86,87,88)(H,93,94,95)(H,96,97,98)/t43?,55?,59?,60-,61?,62?,63-/m1/s1. The van der Waals surface area contributed by atoms with E-state index in [0.717, 1.165) is 63.6 Å². The topological polar surface area (TPSA) is 542 Å². The third-order valence-corrected chi connectivity index (χ3v) is 25.7. The van der Waals surface area contributed by atoms with Crippen molar-refractivity contribution in [3.63, 3.8) is 0 Å². The predicted molar refractivity (Wildman–Crippen MR) is 415 cm³/mol. The van der Waals surface area contributed by atoms with Crippen LogP contribution in [0.1, 0.15) is 116 Å². The SMILES string of the molecule is CSSC(C)c1ccccc1C(=O)OC1C[C@H](n2cc(C#CCNC(O)COCCOC(COc3cccc(C(=O)NCCNC(=O)c4ccccc4C4=C5C=C6CCCN(CCCS(=O)(=O)O)C6C=C5Oc5cc6c(cc54)CCCN6CCCS(=O)(=O)O)c3)N=[N+]=[N-])c(=O)[nH]c2=O)O[C@@H]1COP(=O)(O)OP(=O)(O)OP(=O)(O)O. The molecule has 5 aromatic rings. The number of aromatic amines is 1. The highest BCUT2D eigenvalue weighted by atomic mass is 33.1. The molecule has 0 bridgehead atoms. The monoisotopic (exact) mass is 1720 g/mol. The van der Waals surface area contributed by atoms with Crippen molar-refractivity contribution in [2.75, 3.05) is 102 Å². The number of esters is 1. The zero-order valence-electron chi connectivity index (χ0n) is 61.1. The van der Waals surface area contributed by atoms with Gasteiger partial charge < -0.3 is 68.6 Å². The first-order valence-electron chi connectivity index (χ1n) is 35.4. The summed E-state index contributed by atoms with van der Waals surface area (Å²) < 4.78 is 150. The number of azide groups is 1. The maximum Gasteiger partial charge on any atom is 0.490 e. The number of anilines is 1. The number of carbonyl (C=O) groups excluding carboxylic acids is 3. The number of aryl methyl sites for hydroxylation is 1. The summed E-state index contributed by atoms with van der Waals surface area (Å²) in [7, 11) is -22.9. The van der Waals surface area contributed by atoms with Crippen LogP contribution in [-0.2, 0) is 72.4 Å². The van der Waals surface area contributed by atoms with Gasteiger partial charge in [-0.1, -0.05) is 81.0 Å². The van der Waals surface area contributed by atoms with Crippen molar-refractivity contribution in [3.8, 4) is 23.3 Å². The van der Waals surface area contributed by atoms with Crippen LogP contribution in [-0.4, -0.2) is 210 Å². The molecule has 38 nitrogen and oxygen atoms in total. The smallest absolute Gasteiger partial charge is 0.490 e. The van der Waals surface area contributed by atoms with Crippen LogP contribution in [0.4, 0.5) is 5.69 Å². The average Bonchev–Trinajstić information content (AvgIpc) is 0.862. The van der Waals surface area contributed by atoms with Crippen LogP contribution in [0.2, 0.25) is 0 Å². The van der Waals surface area contributed by atoms with E-state index in [1.807, 2.05) is 43.5 Å². The van der Waals surface area contributed by atoms with Gasteiger partial charge in [-0.15, -0.1) is 0 Å². The van der Waals surface area contributed by atoms with Crippen molar-refractivity contribution in [1.29, 1.82) is 0 Å². The van der Waals surface area contributed by atoms with E-state index >= 15 is 0 Å². The highest BCUT2D eigenvalue weighted by Gasteiger charge is 2.45. The summed E-state index contributed by atoms with van der Waals surface area (Å²) in [5, 5.41) is 22.4. The van der Waals surface area contributed by atoms with Gasteiger partial charge in [0.05, 0.1) is 56.1 Å². The van der Waals surface area contributed by atoms with Gasteiger partial charge in [-0.25, -0.2) is 23.3 Å². The zero-order chi connectivity index (χ0) is 82.1. The Labute approximate surface area is 661 Å².